The zero-order valence-electron chi connectivity index (χ0n) is 18.6. The largest absolute Gasteiger partial charge is 0.378 e. The summed E-state index contributed by atoms with van der Waals surface area (Å²) in [5, 5.41) is 0. The van der Waals surface area contributed by atoms with Crippen molar-refractivity contribution in [3.05, 3.63) is 78.9 Å². The fraction of sp³-hybridized carbons (Fsp3) is 0.308. The molecular formula is C26H29N2O4S+. The van der Waals surface area contributed by atoms with Crippen LogP contribution in [0.4, 0.5) is 11.4 Å². The number of hydrogen-bond donors (Lipinski definition) is 0. The fourth-order valence-corrected chi connectivity index (χ4v) is 5.99. The highest BCUT2D eigenvalue weighted by Crippen LogP contribution is 2.34. The lowest BCUT2D eigenvalue weighted by molar-refractivity contribution is 0.122. The second-order valence-electron chi connectivity index (χ2n) is 8.09. The molecule has 7 heteroatoms. The van der Waals surface area contributed by atoms with Crippen LogP contribution in [0.5, 0.6) is 5.75 Å². The van der Waals surface area contributed by atoms with Crippen LogP contribution in [0.3, 0.4) is 0 Å². The maximum absolute atomic E-state index is 14.4. The van der Waals surface area contributed by atoms with Crippen LogP contribution in [-0.2, 0) is 23.9 Å². The van der Waals surface area contributed by atoms with Crippen molar-refractivity contribution in [3.63, 3.8) is 0 Å². The first kappa shape index (κ1) is 21.9. The molecule has 0 unspecified atom stereocenters. The highest BCUT2D eigenvalue weighted by Gasteiger charge is 2.39. The van der Waals surface area contributed by atoms with E-state index in [1.165, 1.54) is 0 Å². The third kappa shape index (κ3) is 4.90. The molecule has 0 atom stereocenters. The number of ether oxygens (including phenoxy) is 2. The molecule has 6 nitrogen and oxygen atoms in total. The van der Waals surface area contributed by atoms with Gasteiger partial charge in [-0.15, -0.1) is 0 Å². The van der Waals surface area contributed by atoms with E-state index in [-0.39, 0.29) is 0 Å². The molecule has 2 saturated heterocycles. The van der Waals surface area contributed by atoms with Gasteiger partial charge < -0.3 is 19.3 Å². The molecule has 2 fully saturated rings. The summed E-state index contributed by atoms with van der Waals surface area (Å²) in [6, 6.07) is 25.2. The van der Waals surface area contributed by atoms with Gasteiger partial charge in [-0.3, -0.25) is 4.18 Å². The average molecular weight is 466 g/mol. The van der Waals surface area contributed by atoms with Crippen molar-refractivity contribution in [1.29, 1.82) is 0 Å². The van der Waals surface area contributed by atoms with E-state index in [4.69, 9.17) is 13.7 Å². The minimum atomic E-state index is -2.98. The lowest BCUT2D eigenvalue weighted by Gasteiger charge is -2.29. The van der Waals surface area contributed by atoms with Crippen molar-refractivity contribution in [1.82, 2.24) is 0 Å². The van der Waals surface area contributed by atoms with E-state index in [0.29, 0.717) is 15.5 Å². The molecule has 3 aromatic carbocycles. The summed E-state index contributed by atoms with van der Waals surface area (Å²) in [5.41, 5.74) is 2.21. The minimum absolute atomic E-state index is 0.581. The predicted molar refractivity (Wildman–Crippen MR) is 131 cm³/mol. The van der Waals surface area contributed by atoms with Gasteiger partial charge in [-0.2, -0.15) is 0 Å². The molecule has 2 aliphatic heterocycles. The Kier molecular flexibility index (Phi) is 6.62. The van der Waals surface area contributed by atoms with Gasteiger partial charge in [0, 0.05) is 37.6 Å². The fourth-order valence-electron chi connectivity index (χ4n) is 4.16. The topological polar surface area (TPSA) is 51.2 Å². The second-order valence-corrected chi connectivity index (χ2v) is 10.2. The van der Waals surface area contributed by atoms with Gasteiger partial charge in [-0.1, -0.05) is 18.2 Å². The first-order valence-electron chi connectivity index (χ1n) is 11.4. The molecule has 0 radical (unpaired) electrons. The predicted octanol–water partition coefficient (Wildman–Crippen LogP) is 4.27. The Balaban J connectivity index is 1.46. The molecule has 0 aromatic heterocycles. The summed E-state index contributed by atoms with van der Waals surface area (Å²) in [6.45, 7) is 6.35. The van der Waals surface area contributed by atoms with Crippen molar-refractivity contribution in [2.75, 3.05) is 62.4 Å². The monoisotopic (exact) mass is 465 g/mol. The van der Waals surface area contributed by atoms with E-state index in [1.807, 2.05) is 78.9 Å². The van der Waals surface area contributed by atoms with Crippen LogP contribution in [0.25, 0.3) is 0 Å². The maximum Gasteiger partial charge on any atom is 0.325 e. The summed E-state index contributed by atoms with van der Waals surface area (Å²) in [7, 11) is -2.98. The van der Waals surface area contributed by atoms with Gasteiger partial charge >= 0.3 is 10.2 Å². The Hall–Kier alpha value is -2.87. The standard InChI is InChI=1S/C26H29N2O4S/c29-33(32-24-4-2-1-3-5-24,25-10-6-22(7-11-25)27-14-18-30-19-15-27)26-12-8-23(9-13-26)28-16-20-31-21-17-28/h1-13H,14-21H2/q+1. The molecule has 5 rings (SSSR count). The summed E-state index contributed by atoms with van der Waals surface area (Å²) in [6.07, 6.45) is 0. The lowest BCUT2D eigenvalue weighted by atomic mass is 10.2. The van der Waals surface area contributed by atoms with E-state index < -0.39 is 10.2 Å². The van der Waals surface area contributed by atoms with Crippen molar-refractivity contribution in [3.8, 4) is 5.75 Å². The summed E-state index contributed by atoms with van der Waals surface area (Å²) in [5.74, 6) is 0.581. The van der Waals surface area contributed by atoms with Crippen LogP contribution in [0.2, 0.25) is 0 Å². The summed E-state index contributed by atoms with van der Waals surface area (Å²) < 4.78 is 31.6. The number of para-hydroxylation sites is 1. The van der Waals surface area contributed by atoms with Crippen LogP contribution < -0.4 is 14.0 Å². The van der Waals surface area contributed by atoms with Gasteiger partial charge in [0.15, 0.2) is 5.75 Å². The van der Waals surface area contributed by atoms with E-state index >= 15 is 0 Å². The number of rotatable bonds is 6. The molecule has 33 heavy (non-hydrogen) atoms. The second kappa shape index (κ2) is 9.95. The normalized spacial score (nSPS) is 17.1. The molecular weight excluding hydrogens is 436 g/mol. The average Bonchev–Trinajstić information content (AvgIpc) is 2.90. The molecule has 172 valence electrons. The van der Waals surface area contributed by atoms with E-state index in [2.05, 4.69) is 9.80 Å². The first-order chi connectivity index (χ1) is 16.2. The quantitative estimate of drug-likeness (QED) is 0.507. The van der Waals surface area contributed by atoms with Crippen LogP contribution in [0, 0.1) is 0 Å². The van der Waals surface area contributed by atoms with Gasteiger partial charge in [0.2, 0.25) is 9.79 Å². The molecule has 0 spiro atoms. The molecule has 2 aliphatic rings. The van der Waals surface area contributed by atoms with Gasteiger partial charge in [0.1, 0.15) is 0 Å². The molecule has 2 heterocycles. The van der Waals surface area contributed by atoms with Gasteiger partial charge in [0.05, 0.1) is 26.4 Å². The van der Waals surface area contributed by atoms with E-state index in [0.717, 1.165) is 64.0 Å². The van der Waals surface area contributed by atoms with Gasteiger partial charge in [-0.05, 0) is 64.9 Å². The van der Waals surface area contributed by atoms with Crippen molar-refractivity contribution >= 4 is 21.6 Å². The number of anilines is 2. The Bertz CT molecular complexity index is 1010. The van der Waals surface area contributed by atoms with Crippen molar-refractivity contribution in [2.24, 2.45) is 0 Å². The van der Waals surface area contributed by atoms with Crippen LogP contribution in [-0.4, -0.2) is 52.6 Å². The highest BCUT2D eigenvalue weighted by molar-refractivity contribution is 7.99. The summed E-state index contributed by atoms with van der Waals surface area (Å²) >= 11 is 0. The van der Waals surface area contributed by atoms with Crippen LogP contribution in [0.1, 0.15) is 0 Å². The number of hydrogen-bond acceptors (Lipinski definition) is 6. The highest BCUT2D eigenvalue weighted by atomic mass is 32.3. The Morgan fingerprint density at radius 2 is 1.03 bits per heavy atom. The molecule has 0 bridgehead atoms. The SMILES string of the molecule is O=[S+](Oc1ccccc1)(c1ccc(N2CCOCC2)cc1)c1ccc(N2CCOCC2)cc1. The number of morpholine rings is 2. The summed E-state index contributed by atoms with van der Waals surface area (Å²) in [4.78, 5) is 5.87. The zero-order chi connectivity index (χ0) is 22.5. The third-order valence-corrected chi connectivity index (χ3v) is 8.22. The maximum atomic E-state index is 14.4. The van der Waals surface area contributed by atoms with Gasteiger partial charge in [-0.25, -0.2) is 0 Å². The van der Waals surface area contributed by atoms with Crippen molar-refractivity contribution in [2.45, 2.75) is 9.79 Å². The molecule has 3 aromatic rings. The number of benzene rings is 3. The Morgan fingerprint density at radius 3 is 1.45 bits per heavy atom. The Morgan fingerprint density at radius 1 is 0.606 bits per heavy atom. The van der Waals surface area contributed by atoms with Crippen LogP contribution in [0.15, 0.2) is 88.7 Å². The minimum Gasteiger partial charge on any atom is -0.378 e. The first-order valence-corrected chi connectivity index (χ1v) is 12.8. The van der Waals surface area contributed by atoms with Gasteiger partial charge in [0.25, 0.3) is 0 Å². The van der Waals surface area contributed by atoms with Crippen molar-refractivity contribution < 1.29 is 17.9 Å². The Labute approximate surface area is 196 Å². The third-order valence-electron chi connectivity index (χ3n) is 6.00. The van der Waals surface area contributed by atoms with E-state index in [1.54, 1.807) is 0 Å². The molecule has 0 N–H and O–H groups in total. The number of nitrogens with zero attached hydrogens (tertiary/aromatic N) is 2. The molecule has 0 aliphatic carbocycles. The van der Waals surface area contributed by atoms with Crippen LogP contribution >= 0.6 is 0 Å². The molecule has 0 saturated carbocycles. The molecule has 0 amide bonds. The lowest BCUT2D eigenvalue weighted by Crippen LogP contribution is -2.36. The smallest absolute Gasteiger partial charge is 0.325 e. The van der Waals surface area contributed by atoms with E-state index in [9.17, 15) is 4.21 Å². The zero-order valence-corrected chi connectivity index (χ0v) is 19.4.